The zero-order chi connectivity index (χ0) is 8.55. The lowest BCUT2D eigenvalue weighted by Crippen LogP contribution is -2.20. The molecule has 0 heterocycles. The zero-order valence-corrected chi connectivity index (χ0v) is 7.18. The summed E-state index contributed by atoms with van der Waals surface area (Å²) in [7, 11) is 0. The van der Waals surface area contributed by atoms with E-state index < -0.39 is 0 Å². The number of Topliss-reactive ketones (excluding diaryl/α,β-unsaturated/α-hetero) is 1. The Kier molecular flexibility index (Phi) is 2.01. The van der Waals surface area contributed by atoms with Crippen molar-refractivity contribution >= 4 is 5.78 Å². The summed E-state index contributed by atoms with van der Waals surface area (Å²) >= 11 is 0. The van der Waals surface area contributed by atoms with Crippen LogP contribution in [0.4, 0.5) is 0 Å². The van der Waals surface area contributed by atoms with Crippen molar-refractivity contribution in [3.63, 3.8) is 0 Å². The van der Waals surface area contributed by atoms with Crippen LogP contribution in [0.15, 0.2) is 11.1 Å². The Bertz CT molecular complexity index is 240. The highest BCUT2D eigenvalue weighted by Gasteiger charge is 2.24. The van der Waals surface area contributed by atoms with Gasteiger partial charge in [0.15, 0.2) is 0 Å². The molecule has 2 aliphatic rings. The molecule has 0 fully saturated rings. The number of hydrogen-bond donors (Lipinski definition) is 1. The highest BCUT2D eigenvalue weighted by Crippen LogP contribution is 2.33. The van der Waals surface area contributed by atoms with Crippen LogP contribution in [0.1, 0.15) is 38.5 Å². The predicted octanol–water partition coefficient (Wildman–Crippen LogP) is 1.58. The first-order valence-electron chi connectivity index (χ1n) is 4.65. The molecule has 0 aliphatic heterocycles. The van der Waals surface area contributed by atoms with E-state index in [2.05, 4.69) is 0 Å². The Morgan fingerprint density at radius 1 is 1.17 bits per heavy atom. The highest BCUT2D eigenvalue weighted by molar-refractivity contribution is 5.82. The molecule has 12 heavy (non-hydrogen) atoms. The average Bonchev–Trinajstić information content (AvgIpc) is 2.03. The van der Waals surface area contributed by atoms with Crippen molar-refractivity contribution in [1.82, 2.24) is 0 Å². The van der Waals surface area contributed by atoms with Crippen molar-refractivity contribution in [2.75, 3.05) is 0 Å². The SMILES string of the molecule is O=C1CCC2=C(C1)C[C@@H](O)CC2. The molecule has 0 amide bonds. The molecule has 1 atom stereocenters. The zero-order valence-electron chi connectivity index (χ0n) is 7.18. The Morgan fingerprint density at radius 2 is 2.00 bits per heavy atom. The number of ketones is 1. The molecular formula is C10H14O2. The maximum atomic E-state index is 11.1. The summed E-state index contributed by atoms with van der Waals surface area (Å²) in [6, 6.07) is 0. The third-order valence-electron chi connectivity index (χ3n) is 2.88. The van der Waals surface area contributed by atoms with E-state index in [1.807, 2.05) is 0 Å². The van der Waals surface area contributed by atoms with Crippen molar-refractivity contribution < 1.29 is 9.90 Å². The van der Waals surface area contributed by atoms with Crippen LogP contribution in [0.5, 0.6) is 0 Å². The first-order chi connectivity index (χ1) is 5.75. The Labute approximate surface area is 72.3 Å². The van der Waals surface area contributed by atoms with Gasteiger partial charge in [-0.1, -0.05) is 11.1 Å². The minimum absolute atomic E-state index is 0.186. The summed E-state index contributed by atoms with van der Waals surface area (Å²) in [6.07, 6.45) is 4.79. The van der Waals surface area contributed by atoms with Gasteiger partial charge in [-0.05, 0) is 25.7 Å². The van der Waals surface area contributed by atoms with Gasteiger partial charge in [-0.3, -0.25) is 4.79 Å². The second-order valence-corrected chi connectivity index (χ2v) is 3.82. The maximum absolute atomic E-state index is 11.1. The molecule has 0 aromatic carbocycles. The summed E-state index contributed by atoms with van der Waals surface area (Å²) in [5.74, 6) is 0.350. The number of carbonyl (C=O) groups excluding carboxylic acids is 1. The molecule has 1 N–H and O–H groups in total. The van der Waals surface area contributed by atoms with Crippen molar-refractivity contribution in [3.8, 4) is 0 Å². The minimum Gasteiger partial charge on any atom is -0.393 e. The van der Waals surface area contributed by atoms with E-state index in [-0.39, 0.29) is 6.10 Å². The van der Waals surface area contributed by atoms with Crippen molar-refractivity contribution in [3.05, 3.63) is 11.1 Å². The second-order valence-electron chi connectivity index (χ2n) is 3.82. The number of allylic oxidation sites excluding steroid dienone is 1. The summed E-state index contributed by atoms with van der Waals surface area (Å²) in [5.41, 5.74) is 2.70. The van der Waals surface area contributed by atoms with Crippen LogP contribution < -0.4 is 0 Å². The number of aliphatic hydroxyl groups is 1. The van der Waals surface area contributed by atoms with Crippen LogP contribution in [0.2, 0.25) is 0 Å². The van der Waals surface area contributed by atoms with Gasteiger partial charge in [0.25, 0.3) is 0 Å². The highest BCUT2D eigenvalue weighted by atomic mass is 16.3. The normalized spacial score (nSPS) is 30.4. The van der Waals surface area contributed by atoms with Gasteiger partial charge in [-0.15, -0.1) is 0 Å². The predicted molar refractivity (Wildman–Crippen MR) is 45.7 cm³/mol. The Hall–Kier alpha value is -0.630. The minimum atomic E-state index is -0.186. The molecular weight excluding hydrogens is 152 g/mol. The smallest absolute Gasteiger partial charge is 0.137 e. The van der Waals surface area contributed by atoms with Gasteiger partial charge >= 0.3 is 0 Å². The standard InChI is InChI=1S/C10H14O2/c11-9-3-1-7-2-4-10(12)6-8(7)5-9/h9,11H,1-6H2/t9-/m0/s1. The monoisotopic (exact) mass is 166 g/mol. The molecule has 0 unspecified atom stereocenters. The fourth-order valence-electron chi connectivity index (χ4n) is 2.16. The van der Waals surface area contributed by atoms with Crippen LogP contribution in [-0.4, -0.2) is 17.0 Å². The quantitative estimate of drug-likeness (QED) is 0.555. The second kappa shape index (κ2) is 3.02. The van der Waals surface area contributed by atoms with Crippen LogP contribution in [-0.2, 0) is 4.79 Å². The summed E-state index contributed by atoms with van der Waals surface area (Å²) in [4.78, 5) is 11.1. The lowest BCUT2D eigenvalue weighted by molar-refractivity contribution is -0.118. The molecule has 0 bridgehead atoms. The van der Waals surface area contributed by atoms with Gasteiger partial charge < -0.3 is 5.11 Å². The van der Waals surface area contributed by atoms with Crippen molar-refractivity contribution in [1.29, 1.82) is 0 Å². The third-order valence-corrected chi connectivity index (χ3v) is 2.88. The van der Waals surface area contributed by atoms with Crippen LogP contribution in [0, 0.1) is 0 Å². The van der Waals surface area contributed by atoms with Crippen LogP contribution in [0.3, 0.4) is 0 Å². The van der Waals surface area contributed by atoms with Gasteiger partial charge in [-0.25, -0.2) is 0 Å². The first-order valence-corrected chi connectivity index (χ1v) is 4.65. The van der Waals surface area contributed by atoms with Gasteiger partial charge in [0.1, 0.15) is 5.78 Å². The molecule has 0 aromatic rings. The fraction of sp³-hybridized carbons (Fsp3) is 0.700. The lowest BCUT2D eigenvalue weighted by Gasteiger charge is -2.27. The fourth-order valence-corrected chi connectivity index (χ4v) is 2.16. The number of rotatable bonds is 0. The van der Waals surface area contributed by atoms with Crippen molar-refractivity contribution in [2.45, 2.75) is 44.6 Å². The maximum Gasteiger partial charge on any atom is 0.137 e. The van der Waals surface area contributed by atoms with Gasteiger partial charge in [-0.2, -0.15) is 0 Å². The lowest BCUT2D eigenvalue weighted by atomic mass is 9.81. The van der Waals surface area contributed by atoms with Crippen molar-refractivity contribution in [2.24, 2.45) is 0 Å². The van der Waals surface area contributed by atoms with E-state index in [0.717, 1.165) is 32.1 Å². The topological polar surface area (TPSA) is 37.3 Å². The van der Waals surface area contributed by atoms with E-state index in [0.29, 0.717) is 12.2 Å². The molecule has 2 rings (SSSR count). The van der Waals surface area contributed by atoms with E-state index in [1.165, 1.54) is 11.1 Å². The molecule has 2 heteroatoms. The van der Waals surface area contributed by atoms with E-state index >= 15 is 0 Å². The molecule has 2 aliphatic carbocycles. The molecule has 0 radical (unpaired) electrons. The van der Waals surface area contributed by atoms with Crippen LogP contribution in [0.25, 0.3) is 0 Å². The number of carbonyl (C=O) groups is 1. The third kappa shape index (κ3) is 1.44. The summed E-state index contributed by atoms with van der Waals surface area (Å²) in [6.45, 7) is 0. The van der Waals surface area contributed by atoms with E-state index in [9.17, 15) is 9.90 Å². The Morgan fingerprint density at radius 3 is 2.83 bits per heavy atom. The summed E-state index contributed by atoms with van der Waals surface area (Å²) in [5, 5.41) is 9.39. The molecule has 66 valence electrons. The van der Waals surface area contributed by atoms with Crippen LogP contribution >= 0.6 is 0 Å². The van der Waals surface area contributed by atoms with E-state index in [1.54, 1.807) is 0 Å². The largest absolute Gasteiger partial charge is 0.393 e. The molecule has 2 nitrogen and oxygen atoms in total. The number of hydrogen-bond acceptors (Lipinski definition) is 2. The number of aliphatic hydroxyl groups excluding tert-OH is 1. The molecule has 0 saturated carbocycles. The summed E-state index contributed by atoms with van der Waals surface area (Å²) < 4.78 is 0. The molecule has 0 spiro atoms. The van der Waals surface area contributed by atoms with Gasteiger partial charge in [0.2, 0.25) is 0 Å². The van der Waals surface area contributed by atoms with E-state index in [4.69, 9.17) is 0 Å². The Balaban J connectivity index is 2.17. The van der Waals surface area contributed by atoms with Gasteiger partial charge in [0, 0.05) is 12.8 Å². The first kappa shape index (κ1) is 7.99. The molecule has 0 saturated heterocycles. The molecule has 0 aromatic heterocycles. The van der Waals surface area contributed by atoms with Gasteiger partial charge in [0.05, 0.1) is 6.10 Å². The average molecular weight is 166 g/mol.